The van der Waals surface area contributed by atoms with Crippen LogP contribution in [-0.2, 0) is 0 Å². The molecular weight excluding hydrogens is 318 g/mol. The van der Waals surface area contributed by atoms with Gasteiger partial charge >= 0.3 is 0 Å². The van der Waals surface area contributed by atoms with Crippen LogP contribution in [0.3, 0.4) is 0 Å². The molecule has 0 saturated heterocycles. The quantitative estimate of drug-likeness (QED) is 0.703. The van der Waals surface area contributed by atoms with Crippen molar-refractivity contribution in [3.05, 3.63) is 52.0 Å². The first kappa shape index (κ1) is 15.1. The molecule has 24 heavy (non-hydrogen) atoms. The summed E-state index contributed by atoms with van der Waals surface area (Å²) in [5, 5.41) is 4.59. The number of hydrogen-bond donors (Lipinski definition) is 1. The Bertz CT molecular complexity index is 959. The Morgan fingerprint density at radius 3 is 2.58 bits per heavy atom. The van der Waals surface area contributed by atoms with E-state index in [4.69, 9.17) is 0 Å². The van der Waals surface area contributed by atoms with Crippen LogP contribution in [0.25, 0.3) is 10.2 Å². The standard InChI is InChI=1S/C19H19N3OS/c1-10-5-7-14(8-6-10)22-13(4)21-16-15-11(2)9-12(3)20-18(15)24-17(16)19(22)23/h5-9,13,21H,1-4H3. The molecule has 0 fully saturated rings. The Kier molecular flexibility index (Phi) is 3.35. The second-order valence-electron chi connectivity index (χ2n) is 6.40. The van der Waals surface area contributed by atoms with E-state index in [1.807, 2.05) is 49.9 Å². The van der Waals surface area contributed by atoms with Gasteiger partial charge in [0, 0.05) is 16.8 Å². The predicted molar refractivity (Wildman–Crippen MR) is 100 cm³/mol. The van der Waals surface area contributed by atoms with Crippen LogP contribution < -0.4 is 10.2 Å². The van der Waals surface area contributed by atoms with Crippen molar-refractivity contribution in [2.24, 2.45) is 0 Å². The molecule has 3 aromatic rings. The Balaban J connectivity index is 1.87. The number of pyridine rings is 1. The minimum atomic E-state index is -0.105. The molecule has 1 amide bonds. The zero-order chi connectivity index (χ0) is 17.0. The molecule has 0 saturated carbocycles. The molecule has 0 spiro atoms. The number of rotatable bonds is 1. The second-order valence-corrected chi connectivity index (χ2v) is 7.40. The number of aromatic nitrogens is 1. The van der Waals surface area contributed by atoms with E-state index in [1.165, 1.54) is 16.9 Å². The van der Waals surface area contributed by atoms with Crippen LogP contribution in [0.1, 0.15) is 33.4 Å². The maximum Gasteiger partial charge on any atom is 0.272 e. The average Bonchev–Trinajstić information content (AvgIpc) is 2.88. The normalized spacial score (nSPS) is 17.1. The van der Waals surface area contributed by atoms with E-state index < -0.39 is 0 Å². The minimum absolute atomic E-state index is 0.0418. The summed E-state index contributed by atoms with van der Waals surface area (Å²) in [6.45, 7) is 8.13. The summed E-state index contributed by atoms with van der Waals surface area (Å²) in [6, 6.07) is 10.1. The Labute approximate surface area is 145 Å². The molecule has 1 unspecified atom stereocenters. The first-order valence-corrected chi connectivity index (χ1v) is 8.85. The summed E-state index contributed by atoms with van der Waals surface area (Å²) in [6.07, 6.45) is -0.105. The topological polar surface area (TPSA) is 45.2 Å². The number of anilines is 2. The molecule has 1 aromatic carbocycles. The van der Waals surface area contributed by atoms with Crippen molar-refractivity contribution in [1.82, 2.24) is 4.98 Å². The lowest BCUT2D eigenvalue weighted by Crippen LogP contribution is -2.46. The van der Waals surface area contributed by atoms with E-state index in [-0.39, 0.29) is 12.1 Å². The molecule has 0 aliphatic carbocycles. The maximum atomic E-state index is 13.1. The molecular formula is C19H19N3OS. The number of hydrogen-bond acceptors (Lipinski definition) is 4. The van der Waals surface area contributed by atoms with Gasteiger partial charge in [0.15, 0.2) is 0 Å². The first-order valence-electron chi connectivity index (χ1n) is 8.03. The van der Waals surface area contributed by atoms with Crippen LogP contribution in [0.5, 0.6) is 0 Å². The number of carbonyl (C=O) groups is 1. The number of aryl methyl sites for hydroxylation is 3. The molecule has 122 valence electrons. The highest BCUT2D eigenvalue weighted by molar-refractivity contribution is 7.21. The largest absolute Gasteiger partial charge is 0.363 e. The van der Waals surface area contributed by atoms with Gasteiger partial charge in [0.05, 0.1) is 5.69 Å². The van der Waals surface area contributed by atoms with Gasteiger partial charge in [0.2, 0.25) is 0 Å². The highest BCUT2D eigenvalue weighted by Crippen LogP contribution is 2.41. The third-order valence-electron chi connectivity index (χ3n) is 4.45. The van der Waals surface area contributed by atoms with E-state index in [2.05, 4.69) is 23.3 Å². The Hall–Kier alpha value is -2.40. The molecule has 3 heterocycles. The third kappa shape index (κ3) is 2.19. The van der Waals surface area contributed by atoms with E-state index in [0.29, 0.717) is 0 Å². The van der Waals surface area contributed by atoms with Crippen LogP contribution in [0.4, 0.5) is 11.4 Å². The number of fused-ring (bicyclic) bond motifs is 3. The van der Waals surface area contributed by atoms with Gasteiger partial charge < -0.3 is 5.32 Å². The van der Waals surface area contributed by atoms with Gasteiger partial charge in [0.1, 0.15) is 15.9 Å². The predicted octanol–water partition coefficient (Wildman–Crippen LogP) is 4.64. The number of amides is 1. The fraction of sp³-hybridized carbons (Fsp3) is 0.263. The van der Waals surface area contributed by atoms with Gasteiger partial charge in [0.25, 0.3) is 5.91 Å². The van der Waals surface area contributed by atoms with E-state index in [1.54, 1.807) is 0 Å². The molecule has 0 bridgehead atoms. The monoisotopic (exact) mass is 337 g/mol. The molecule has 4 rings (SSSR count). The highest BCUT2D eigenvalue weighted by atomic mass is 32.1. The van der Waals surface area contributed by atoms with Crippen LogP contribution in [0.2, 0.25) is 0 Å². The fourth-order valence-corrected chi connectivity index (χ4v) is 4.53. The van der Waals surface area contributed by atoms with E-state index >= 15 is 0 Å². The lowest BCUT2D eigenvalue weighted by Gasteiger charge is -2.34. The Morgan fingerprint density at radius 2 is 1.88 bits per heavy atom. The summed E-state index contributed by atoms with van der Waals surface area (Å²) < 4.78 is 0. The van der Waals surface area contributed by atoms with E-state index in [9.17, 15) is 4.79 Å². The van der Waals surface area contributed by atoms with Crippen molar-refractivity contribution < 1.29 is 4.79 Å². The molecule has 2 aromatic heterocycles. The summed E-state index contributed by atoms with van der Waals surface area (Å²) in [5.41, 5.74) is 5.16. The van der Waals surface area contributed by atoms with Crippen LogP contribution >= 0.6 is 11.3 Å². The highest BCUT2D eigenvalue weighted by Gasteiger charge is 2.34. The summed E-state index contributed by atoms with van der Waals surface area (Å²) in [4.78, 5) is 21.3. The number of thiophene rings is 1. The lowest BCUT2D eigenvalue weighted by atomic mass is 10.1. The Morgan fingerprint density at radius 1 is 1.17 bits per heavy atom. The smallest absolute Gasteiger partial charge is 0.272 e. The molecule has 1 aliphatic heterocycles. The number of benzene rings is 1. The molecule has 1 N–H and O–H groups in total. The van der Waals surface area contributed by atoms with Gasteiger partial charge in [-0.05, 0) is 51.5 Å². The van der Waals surface area contributed by atoms with Gasteiger partial charge in [-0.2, -0.15) is 0 Å². The zero-order valence-electron chi connectivity index (χ0n) is 14.2. The van der Waals surface area contributed by atoms with Crippen molar-refractivity contribution >= 4 is 38.8 Å². The maximum absolute atomic E-state index is 13.1. The molecule has 1 aliphatic rings. The van der Waals surface area contributed by atoms with Gasteiger partial charge in [-0.1, -0.05) is 17.7 Å². The zero-order valence-corrected chi connectivity index (χ0v) is 15.0. The van der Waals surface area contributed by atoms with Crippen molar-refractivity contribution in [3.8, 4) is 0 Å². The van der Waals surface area contributed by atoms with Crippen molar-refractivity contribution in [3.63, 3.8) is 0 Å². The fourth-order valence-electron chi connectivity index (χ4n) is 3.33. The summed E-state index contributed by atoms with van der Waals surface area (Å²) >= 11 is 1.47. The lowest BCUT2D eigenvalue weighted by molar-refractivity contribution is 0.0981. The third-order valence-corrected chi connectivity index (χ3v) is 5.52. The molecule has 4 nitrogen and oxygen atoms in total. The van der Waals surface area contributed by atoms with Crippen molar-refractivity contribution in [1.29, 1.82) is 0 Å². The first-order chi connectivity index (χ1) is 11.5. The summed E-state index contributed by atoms with van der Waals surface area (Å²) in [5.74, 6) is 0.0418. The average molecular weight is 337 g/mol. The number of carbonyl (C=O) groups excluding carboxylic acids is 1. The minimum Gasteiger partial charge on any atom is -0.363 e. The van der Waals surface area contributed by atoms with Crippen molar-refractivity contribution in [2.75, 3.05) is 10.2 Å². The van der Waals surface area contributed by atoms with Gasteiger partial charge in [-0.15, -0.1) is 11.3 Å². The van der Waals surface area contributed by atoms with Gasteiger partial charge in [-0.25, -0.2) is 4.98 Å². The molecule has 1 atom stereocenters. The van der Waals surface area contributed by atoms with Crippen molar-refractivity contribution in [2.45, 2.75) is 33.9 Å². The molecule has 5 heteroatoms. The van der Waals surface area contributed by atoms with E-state index in [0.717, 1.165) is 37.7 Å². The van der Waals surface area contributed by atoms with Crippen LogP contribution in [-0.4, -0.2) is 17.1 Å². The second kappa shape index (κ2) is 5.31. The van der Waals surface area contributed by atoms with Crippen LogP contribution in [0.15, 0.2) is 30.3 Å². The number of nitrogens with zero attached hydrogens (tertiary/aromatic N) is 2. The number of nitrogens with one attached hydrogen (secondary N) is 1. The molecule has 0 radical (unpaired) electrons. The van der Waals surface area contributed by atoms with Gasteiger partial charge in [-0.3, -0.25) is 9.69 Å². The SMILES string of the molecule is Cc1ccc(N2C(=O)c3sc4nc(C)cc(C)c4c3NC2C)cc1. The van der Waals surface area contributed by atoms with Crippen LogP contribution in [0, 0.1) is 20.8 Å². The summed E-state index contributed by atoms with van der Waals surface area (Å²) in [7, 11) is 0.